The van der Waals surface area contributed by atoms with Gasteiger partial charge < -0.3 is 16.0 Å². The van der Waals surface area contributed by atoms with Gasteiger partial charge in [0.1, 0.15) is 0 Å². The zero-order chi connectivity index (χ0) is 45.5. The highest BCUT2D eigenvalue weighted by Crippen LogP contribution is 2.30. The van der Waals surface area contributed by atoms with Crippen LogP contribution in [0.1, 0.15) is 133 Å². The molecule has 0 saturated carbocycles. The van der Waals surface area contributed by atoms with Gasteiger partial charge in [-0.15, -0.1) is 0 Å². The summed E-state index contributed by atoms with van der Waals surface area (Å²) in [4.78, 5) is 0. The van der Waals surface area contributed by atoms with Gasteiger partial charge in [0.05, 0.1) is 38.8 Å². The molecule has 0 atom stereocenters. The summed E-state index contributed by atoms with van der Waals surface area (Å²) in [6.07, 6.45) is 9.66. The van der Waals surface area contributed by atoms with Gasteiger partial charge in [0.2, 0.25) is 0 Å². The van der Waals surface area contributed by atoms with Crippen LogP contribution in [0.15, 0.2) is 84.9 Å². The molecule has 6 aromatic rings. The molecule has 10 nitrogen and oxygen atoms in total. The Hall–Kier alpha value is -4.47. The molecule has 3 aromatic carbocycles. The minimum absolute atomic E-state index is 0.597. The van der Waals surface area contributed by atoms with E-state index < -0.39 is 0 Å². The van der Waals surface area contributed by atoms with E-state index in [0.717, 1.165) is 111 Å². The highest BCUT2D eigenvalue weighted by molar-refractivity contribution is 6.42. The highest BCUT2D eigenvalue weighted by Gasteiger charge is 2.23. The standard InChI is InChI=1S/C18H22N4.C17H21Cl2N3.C17H22ClN3/c1-2-22-18(16-6-8-20-9-7-16)12-17(21-22)11-14-4-3-5-15(10-14)13-19;1-2-22-17(13-5-7-20-8-6-13)11-14(21-22)9-12-3-4-15(18)16(19)10-12;1-2-21-17(14-7-9-19-10-8-14)12-16(20-21)11-13-3-5-15(18)6-4-13/h3-5,10,12,16,20H,2,6-9,11H2,1H3;3-4,10-11,13,20H,2,5-9H2,1H3;3-6,12,14,19H,2,7-11H2,1H3. The summed E-state index contributed by atoms with van der Waals surface area (Å²) >= 11 is 18.0. The molecule has 0 bridgehead atoms. The maximum atomic E-state index is 9.01. The molecular weight excluding hydrogens is 871 g/mol. The fraction of sp³-hybridized carbons (Fsp3) is 0.462. The Labute approximate surface area is 401 Å². The zero-order valence-corrected chi connectivity index (χ0v) is 40.6. The lowest BCUT2D eigenvalue weighted by molar-refractivity contribution is 0.432. The summed E-state index contributed by atoms with van der Waals surface area (Å²) in [5, 5.41) is 35.6. The zero-order valence-electron chi connectivity index (χ0n) is 38.3. The van der Waals surface area contributed by atoms with E-state index in [9.17, 15) is 0 Å². The third kappa shape index (κ3) is 13.6. The molecule has 3 fully saturated rings. The summed E-state index contributed by atoms with van der Waals surface area (Å²) in [6, 6.07) is 30.7. The minimum atomic E-state index is 0.597. The van der Waals surface area contributed by atoms with Gasteiger partial charge in [-0.3, -0.25) is 14.0 Å². The molecule has 0 radical (unpaired) electrons. The molecule has 344 valence electrons. The van der Waals surface area contributed by atoms with Crippen molar-refractivity contribution >= 4 is 34.8 Å². The lowest BCUT2D eigenvalue weighted by Gasteiger charge is -2.23. The van der Waals surface area contributed by atoms with E-state index in [2.05, 4.69) is 93.2 Å². The van der Waals surface area contributed by atoms with Gasteiger partial charge in [-0.05, 0) is 170 Å². The molecule has 0 unspecified atom stereocenters. The van der Waals surface area contributed by atoms with Gasteiger partial charge in [-0.2, -0.15) is 20.6 Å². The topological polar surface area (TPSA) is 113 Å². The summed E-state index contributed by atoms with van der Waals surface area (Å²) in [5.41, 5.74) is 11.8. The second-order valence-corrected chi connectivity index (χ2v) is 18.7. The SMILES string of the molecule is CCn1nc(Cc2ccc(Cl)c(Cl)c2)cc1C1CCNCC1.CCn1nc(Cc2ccc(Cl)cc2)cc1C1CCNCC1.CCn1nc(Cc2cccc(C#N)c2)cc1C1CCNCC1. The number of hydrogen-bond donors (Lipinski definition) is 3. The number of hydrogen-bond acceptors (Lipinski definition) is 7. The average molecular weight is 937 g/mol. The van der Waals surface area contributed by atoms with Crippen molar-refractivity contribution in [1.29, 1.82) is 5.26 Å². The van der Waals surface area contributed by atoms with E-state index in [-0.39, 0.29) is 0 Å². The Morgan fingerprint density at radius 1 is 0.508 bits per heavy atom. The maximum Gasteiger partial charge on any atom is 0.0991 e. The van der Waals surface area contributed by atoms with Crippen molar-refractivity contribution in [3.05, 3.63) is 156 Å². The molecule has 9 rings (SSSR count). The van der Waals surface area contributed by atoms with E-state index in [1.807, 2.05) is 48.5 Å². The molecule has 3 aliphatic rings. The van der Waals surface area contributed by atoms with Crippen LogP contribution in [0.2, 0.25) is 15.1 Å². The predicted molar refractivity (Wildman–Crippen MR) is 266 cm³/mol. The second kappa shape index (κ2) is 24.3. The third-order valence-electron chi connectivity index (χ3n) is 12.9. The van der Waals surface area contributed by atoms with Gasteiger partial charge in [0.25, 0.3) is 0 Å². The van der Waals surface area contributed by atoms with Crippen LogP contribution in [0.4, 0.5) is 0 Å². The summed E-state index contributed by atoms with van der Waals surface area (Å²) < 4.78 is 6.49. The Balaban J connectivity index is 0.000000145. The lowest BCUT2D eigenvalue weighted by Crippen LogP contribution is -2.27. The van der Waals surface area contributed by atoms with Gasteiger partial charge in [-0.25, -0.2) is 0 Å². The normalized spacial score (nSPS) is 16.0. The van der Waals surface area contributed by atoms with E-state index in [4.69, 9.17) is 55.4 Å². The van der Waals surface area contributed by atoms with Gasteiger partial charge in [-0.1, -0.05) is 65.1 Å². The molecular formula is C52H65Cl3N10. The van der Waals surface area contributed by atoms with Crippen LogP contribution in [0, 0.1) is 11.3 Å². The smallest absolute Gasteiger partial charge is 0.0991 e. The minimum Gasteiger partial charge on any atom is -0.317 e. The molecule has 6 heterocycles. The molecule has 0 spiro atoms. The maximum absolute atomic E-state index is 9.01. The average Bonchev–Trinajstić information content (AvgIpc) is 4.09. The fourth-order valence-electron chi connectivity index (χ4n) is 9.45. The molecule has 0 amide bonds. The quantitative estimate of drug-likeness (QED) is 0.112. The number of aryl methyl sites for hydroxylation is 3. The Morgan fingerprint density at radius 2 is 0.908 bits per heavy atom. The number of nitrogens with one attached hydrogen (secondary N) is 3. The van der Waals surface area contributed by atoms with Crippen molar-refractivity contribution < 1.29 is 0 Å². The fourth-order valence-corrected chi connectivity index (χ4v) is 9.90. The summed E-state index contributed by atoms with van der Waals surface area (Å²) in [7, 11) is 0. The number of nitriles is 1. The van der Waals surface area contributed by atoms with Crippen LogP contribution >= 0.6 is 34.8 Å². The van der Waals surface area contributed by atoms with Crippen molar-refractivity contribution in [2.75, 3.05) is 39.3 Å². The van der Waals surface area contributed by atoms with Crippen LogP contribution < -0.4 is 16.0 Å². The van der Waals surface area contributed by atoms with Crippen LogP contribution in [0.25, 0.3) is 0 Å². The molecule has 65 heavy (non-hydrogen) atoms. The molecule has 3 saturated heterocycles. The van der Waals surface area contributed by atoms with Gasteiger partial charge in [0, 0.05) is 78.8 Å². The van der Waals surface area contributed by atoms with Crippen molar-refractivity contribution in [3.63, 3.8) is 0 Å². The van der Waals surface area contributed by atoms with Crippen molar-refractivity contribution in [2.24, 2.45) is 0 Å². The number of benzene rings is 3. The first-order valence-corrected chi connectivity index (χ1v) is 24.9. The highest BCUT2D eigenvalue weighted by atomic mass is 35.5. The summed E-state index contributed by atoms with van der Waals surface area (Å²) in [5.74, 6) is 1.89. The van der Waals surface area contributed by atoms with Crippen molar-refractivity contribution in [2.45, 2.75) is 116 Å². The first-order valence-electron chi connectivity index (χ1n) is 23.7. The first-order chi connectivity index (χ1) is 31.7. The van der Waals surface area contributed by atoms with Gasteiger partial charge in [0.15, 0.2) is 0 Å². The number of aromatic nitrogens is 6. The molecule has 3 aromatic heterocycles. The Bertz CT molecular complexity index is 2450. The number of rotatable bonds is 12. The predicted octanol–water partition coefficient (Wildman–Crippen LogP) is 10.7. The van der Waals surface area contributed by atoms with Crippen molar-refractivity contribution in [1.82, 2.24) is 45.3 Å². The van der Waals surface area contributed by atoms with E-state index in [0.29, 0.717) is 33.4 Å². The van der Waals surface area contributed by atoms with Crippen LogP contribution in [0.3, 0.4) is 0 Å². The van der Waals surface area contributed by atoms with Crippen LogP contribution in [-0.4, -0.2) is 68.6 Å². The lowest BCUT2D eigenvalue weighted by atomic mass is 9.94. The monoisotopic (exact) mass is 934 g/mol. The van der Waals surface area contributed by atoms with Gasteiger partial charge >= 0.3 is 0 Å². The summed E-state index contributed by atoms with van der Waals surface area (Å²) in [6.45, 7) is 15.9. The number of halogens is 3. The van der Waals surface area contributed by atoms with Crippen LogP contribution in [0.5, 0.6) is 0 Å². The molecule has 3 aliphatic heterocycles. The largest absolute Gasteiger partial charge is 0.317 e. The van der Waals surface area contributed by atoms with E-state index in [1.54, 1.807) is 0 Å². The van der Waals surface area contributed by atoms with E-state index >= 15 is 0 Å². The second-order valence-electron chi connectivity index (χ2n) is 17.4. The van der Waals surface area contributed by atoms with Crippen LogP contribution in [-0.2, 0) is 38.9 Å². The first kappa shape index (κ1) is 48.5. The van der Waals surface area contributed by atoms with E-state index in [1.165, 1.54) is 61.2 Å². The Kier molecular flexibility index (Phi) is 18.1. The third-order valence-corrected chi connectivity index (χ3v) is 13.9. The number of nitrogens with zero attached hydrogens (tertiary/aromatic N) is 7. The molecule has 0 aliphatic carbocycles. The molecule has 13 heteroatoms. The number of piperidine rings is 3. The Morgan fingerprint density at radius 3 is 1.31 bits per heavy atom. The molecule has 3 N–H and O–H groups in total. The van der Waals surface area contributed by atoms with Crippen molar-refractivity contribution in [3.8, 4) is 6.07 Å².